The second-order valence-electron chi connectivity index (χ2n) is 5.39. The van der Waals surface area contributed by atoms with Crippen LogP contribution in [-0.4, -0.2) is 30.9 Å². The van der Waals surface area contributed by atoms with Gasteiger partial charge in [-0.25, -0.2) is 4.79 Å². The van der Waals surface area contributed by atoms with E-state index in [1.165, 1.54) is 0 Å². The Morgan fingerprint density at radius 2 is 1.08 bits per heavy atom. The number of rotatable bonds is 6. The van der Waals surface area contributed by atoms with Crippen LogP contribution in [0.1, 0.15) is 34.6 Å². The molecule has 0 aliphatic carbocycles. The Balaban J connectivity index is 2.16. The van der Waals surface area contributed by atoms with Crippen LogP contribution < -0.4 is 21.3 Å². The van der Waals surface area contributed by atoms with Crippen molar-refractivity contribution < 1.29 is 14.4 Å². The fourth-order valence-electron chi connectivity index (χ4n) is 2.37. The minimum atomic E-state index is -0.543. The SMILES string of the molecule is CCNC(=O)c1ccccc1NC(=O)Nc1ccccc1C(=O)NCC. The maximum Gasteiger partial charge on any atom is 0.323 e. The molecule has 0 atom stereocenters. The molecule has 0 aliphatic heterocycles. The molecule has 0 unspecified atom stereocenters. The molecule has 0 spiro atoms. The molecule has 2 aromatic rings. The van der Waals surface area contributed by atoms with E-state index in [1.54, 1.807) is 48.5 Å². The molecule has 7 nitrogen and oxygen atoms in total. The first-order chi connectivity index (χ1) is 12.6. The number of para-hydroxylation sites is 2. The lowest BCUT2D eigenvalue weighted by molar-refractivity contribution is 0.0948. The molecule has 0 heterocycles. The highest BCUT2D eigenvalue weighted by Gasteiger charge is 2.15. The highest BCUT2D eigenvalue weighted by Crippen LogP contribution is 2.18. The molecule has 7 heteroatoms. The fourth-order valence-corrected chi connectivity index (χ4v) is 2.37. The first-order valence-electron chi connectivity index (χ1n) is 8.39. The van der Waals surface area contributed by atoms with Crippen LogP contribution in [0.2, 0.25) is 0 Å². The molecule has 26 heavy (non-hydrogen) atoms. The van der Waals surface area contributed by atoms with Gasteiger partial charge in [-0.15, -0.1) is 0 Å². The summed E-state index contributed by atoms with van der Waals surface area (Å²) < 4.78 is 0. The van der Waals surface area contributed by atoms with Gasteiger partial charge < -0.3 is 21.3 Å². The zero-order valence-electron chi connectivity index (χ0n) is 14.8. The van der Waals surface area contributed by atoms with Crippen LogP contribution in [0.25, 0.3) is 0 Å². The Labute approximate surface area is 152 Å². The third-order valence-corrected chi connectivity index (χ3v) is 3.51. The molecule has 0 fully saturated rings. The van der Waals surface area contributed by atoms with Crippen molar-refractivity contribution in [3.05, 3.63) is 59.7 Å². The van der Waals surface area contributed by atoms with Gasteiger partial charge in [-0.1, -0.05) is 24.3 Å². The van der Waals surface area contributed by atoms with Gasteiger partial charge in [0, 0.05) is 13.1 Å². The zero-order valence-corrected chi connectivity index (χ0v) is 14.8. The Morgan fingerprint density at radius 1 is 0.692 bits per heavy atom. The monoisotopic (exact) mass is 354 g/mol. The number of hydrogen-bond acceptors (Lipinski definition) is 3. The largest absolute Gasteiger partial charge is 0.352 e. The molecule has 0 aliphatic rings. The van der Waals surface area contributed by atoms with Crippen molar-refractivity contribution in [2.24, 2.45) is 0 Å². The molecular weight excluding hydrogens is 332 g/mol. The summed E-state index contributed by atoms with van der Waals surface area (Å²) in [6.45, 7) is 4.61. The average Bonchev–Trinajstić information content (AvgIpc) is 2.63. The topological polar surface area (TPSA) is 99.3 Å². The van der Waals surface area contributed by atoms with E-state index in [2.05, 4.69) is 21.3 Å². The van der Waals surface area contributed by atoms with Gasteiger partial charge in [0.1, 0.15) is 0 Å². The average molecular weight is 354 g/mol. The van der Waals surface area contributed by atoms with Crippen LogP contribution >= 0.6 is 0 Å². The predicted molar refractivity (Wildman–Crippen MR) is 102 cm³/mol. The highest BCUT2D eigenvalue weighted by atomic mass is 16.2. The van der Waals surface area contributed by atoms with E-state index >= 15 is 0 Å². The summed E-state index contributed by atoms with van der Waals surface area (Å²) in [5, 5.41) is 10.7. The Hall–Kier alpha value is -3.35. The van der Waals surface area contributed by atoms with Crippen LogP contribution in [-0.2, 0) is 0 Å². The molecule has 2 aromatic carbocycles. The second-order valence-corrected chi connectivity index (χ2v) is 5.39. The Kier molecular flexibility index (Phi) is 6.73. The van der Waals surface area contributed by atoms with E-state index < -0.39 is 6.03 Å². The number of anilines is 2. The van der Waals surface area contributed by atoms with Gasteiger partial charge in [0.15, 0.2) is 0 Å². The van der Waals surface area contributed by atoms with Crippen LogP contribution in [0.5, 0.6) is 0 Å². The number of hydrogen-bond donors (Lipinski definition) is 4. The number of carbonyl (C=O) groups is 3. The third kappa shape index (κ3) is 4.83. The van der Waals surface area contributed by atoms with E-state index in [0.29, 0.717) is 35.6 Å². The van der Waals surface area contributed by atoms with Gasteiger partial charge >= 0.3 is 6.03 Å². The number of carbonyl (C=O) groups excluding carboxylic acids is 3. The van der Waals surface area contributed by atoms with E-state index in [0.717, 1.165) is 0 Å². The van der Waals surface area contributed by atoms with Crippen LogP contribution in [0.15, 0.2) is 48.5 Å². The first-order valence-corrected chi connectivity index (χ1v) is 8.39. The summed E-state index contributed by atoms with van der Waals surface area (Å²) in [4.78, 5) is 36.5. The van der Waals surface area contributed by atoms with Gasteiger partial charge in [0.05, 0.1) is 22.5 Å². The molecule has 2 rings (SSSR count). The summed E-state index contributed by atoms with van der Waals surface area (Å²) in [6.07, 6.45) is 0. The lowest BCUT2D eigenvalue weighted by Crippen LogP contribution is -2.28. The number of urea groups is 1. The second kappa shape index (κ2) is 9.22. The van der Waals surface area contributed by atoms with Crippen molar-refractivity contribution in [2.45, 2.75) is 13.8 Å². The van der Waals surface area contributed by atoms with Crippen molar-refractivity contribution in [1.29, 1.82) is 0 Å². The van der Waals surface area contributed by atoms with Gasteiger partial charge in [0.2, 0.25) is 0 Å². The maximum absolute atomic E-state index is 12.4. The molecule has 0 saturated carbocycles. The van der Waals surface area contributed by atoms with Crippen molar-refractivity contribution in [3.8, 4) is 0 Å². The molecule has 0 bridgehead atoms. The summed E-state index contributed by atoms with van der Waals surface area (Å²) in [6, 6.07) is 12.9. The normalized spacial score (nSPS) is 9.92. The first kappa shape index (κ1) is 19.0. The van der Waals surface area contributed by atoms with Crippen LogP contribution in [0.4, 0.5) is 16.2 Å². The molecule has 0 aromatic heterocycles. The molecule has 136 valence electrons. The maximum atomic E-state index is 12.4. The van der Waals surface area contributed by atoms with Gasteiger partial charge in [-0.2, -0.15) is 0 Å². The van der Waals surface area contributed by atoms with Gasteiger partial charge in [-0.05, 0) is 38.1 Å². The summed E-state index contributed by atoms with van der Waals surface area (Å²) >= 11 is 0. The van der Waals surface area contributed by atoms with Crippen molar-refractivity contribution in [1.82, 2.24) is 10.6 Å². The lowest BCUT2D eigenvalue weighted by Gasteiger charge is -2.13. The van der Waals surface area contributed by atoms with Crippen molar-refractivity contribution in [2.75, 3.05) is 23.7 Å². The molecular formula is C19H22N4O3. The molecule has 4 N–H and O–H groups in total. The number of nitrogens with one attached hydrogen (secondary N) is 4. The van der Waals surface area contributed by atoms with E-state index in [4.69, 9.17) is 0 Å². The predicted octanol–water partition coefficient (Wildman–Crippen LogP) is 2.83. The number of amides is 4. The standard InChI is InChI=1S/C19H22N4O3/c1-3-20-17(24)13-9-5-7-11-15(13)22-19(26)23-16-12-8-6-10-14(16)18(25)21-4-2/h5-12H,3-4H2,1-2H3,(H,20,24)(H,21,25)(H2,22,23,26). The fraction of sp³-hybridized carbons (Fsp3) is 0.211. The Morgan fingerprint density at radius 3 is 1.46 bits per heavy atom. The third-order valence-electron chi connectivity index (χ3n) is 3.51. The van der Waals surface area contributed by atoms with Crippen LogP contribution in [0.3, 0.4) is 0 Å². The minimum absolute atomic E-state index is 0.272. The quantitative estimate of drug-likeness (QED) is 0.642. The lowest BCUT2D eigenvalue weighted by atomic mass is 10.1. The van der Waals surface area contributed by atoms with E-state index in [-0.39, 0.29) is 11.8 Å². The summed E-state index contributed by atoms with van der Waals surface area (Å²) in [5.74, 6) is -0.544. The zero-order chi connectivity index (χ0) is 18.9. The van der Waals surface area contributed by atoms with Crippen molar-refractivity contribution >= 4 is 29.2 Å². The smallest absolute Gasteiger partial charge is 0.323 e. The molecule has 0 radical (unpaired) electrons. The van der Waals surface area contributed by atoms with Crippen LogP contribution in [0, 0.1) is 0 Å². The molecule has 4 amide bonds. The summed E-state index contributed by atoms with van der Waals surface area (Å²) in [7, 11) is 0. The van der Waals surface area contributed by atoms with Gasteiger partial charge in [-0.3, -0.25) is 9.59 Å². The Bertz CT molecular complexity index is 739. The van der Waals surface area contributed by atoms with Gasteiger partial charge in [0.25, 0.3) is 11.8 Å². The van der Waals surface area contributed by atoms with Crippen molar-refractivity contribution in [3.63, 3.8) is 0 Å². The number of benzene rings is 2. The highest BCUT2D eigenvalue weighted by molar-refractivity contribution is 6.09. The van der Waals surface area contributed by atoms with E-state index in [1.807, 2.05) is 13.8 Å². The summed E-state index contributed by atoms with van der Waals surface area (Å²) in [5.41, 5.74) is 1.49. The van der Waals surface area contributed by atoms with E-state index in [9.17, 15) is 14.4 Å². The molecule has 0 saturated heterocycles. The minimum Gasteiger partial charge on any atom is -0.352 e.